The molecule has 96 valence electrons. The fraction of sp³-hybridized carbons (Fsp3) is 0.273. The van der Waals surface area contributed by atoms with Gasteiger partial charge in [-0.15, -0.1) is 0 Å². The lowest BCUT2D eigenvalue weighted by atomic mass is 10.1. The highest BCUT2D eigenvalue weighted by atomic mass is 19.3. The predicted molar refractivity (Wildman–Crippen MR) is 58.7 cm³/mol. The van der Waals surface area contributed by atoms with Crippen molar-refractivity contribution in [3.05, 3.63) is 23.9 Å². The molecule has 0 aliphatic rings. The molecule has 0 saturated heterocycles. The van der Waals surface area contributed by atoms with Gasteiger partial charge < -0.3 is 9.47 Å². The second kappa shape index (κ2) is 4.59. The number of rotatable bonds is 3. The number of carbonyl (C=O) groups excluding carboxylic acids is 1. The molecule has 7 heteroatoms. The van der Waals surface area contributed by atoms with E-state index in [2.05, 4.69) is 14.6 Å². The first-order chi connectivity index (χ1) is 8.51. The van der Waals surface area contributed by atoms with Crippen LogP contribution >= 0.6 is 0 Å². The van der Waals surface area contributed by atoms with E-state index in [1.807, 2.05) is 0 Å². The zero-order valence-electron chi connectivity index (χ0n) is 9.68. The largest absolute Gasteiger partial charge is 0.465 e. The van der Waals surface area contributed by atoms with Crippen LogP contribution in [0.5, 0.6) is 5.75 Å². The average Bonchev–Trinajstić information content (AvgIpc) is 2.65. The maximum absolute atomic E-state index is 12.3. The van der Waals surface area contributed by atoms with Gasteiger partial charge in [-0.3, -0.25) is 4.68 Å². The third kappa shape index (κ3) is 2.24. The summed E-state index contributed by atoms with van der Waals surface area (Å²) < 4.78 is 34.9. The lowest BCUT2D eigenvalue weighted by molar-refractivity contribution is -0.0503. The van der Waals surface area contributed by atoms with Crippen LogP contribution in [0.4, 0.5) is 8.78 Å². The van der Waals surface area contributed by atoms with E-state index < -0.39 is 12.6 Å². The summed E-state index contributed by atoms with van der Waals surface area (Å²) in [5.74, 6) is -0.987. The molecule has 2 rings (SSSR count). The lowest BCUT2D eigenvalue weighted by Gasteiger charge is -2.08. The third-order valence-corrected chi connectivity index (χ3v) is 2.34. The summed E-state index contributed by atoms with van der Waals surface area (Å²) in [4.78, 5) is 11.5. The van der Waals surface area contributed by atoms with Gasteiger partial charge in [0.05, 0.1) is 12.6 Å². The van der Waals surface area contributed by atoms with Gasteiger partial charge in [-0.25, -0.2) is 4.79 Å². The molecule has 18 heavy (non-hydrogen) atoms. The molecule has 0 saturated carbocycles. The Morgan fingerprint density at radius 1 is 1.44 bits per heavy atom. The number of methoxy groups -OCH3 is 1. The number of carbonyl (C=O) groups is 1. The molecule has 0 unspecified atom stereocenters. The van der Waals surface area contributed by atoms with Gasteiger partial charge in [0.15, 0.2) is 0 Å². The van der Waals surface area contributed by atoms with E-state index in [0.29, 0.717) is 10.9 Å². The summed E-state index contributed by atoms with van der Waals surface area (Å²) in [6, 6.07) is 2.69. The molecule has 1 aromatic heterocycles. The summed E-state index contributed by atoms with van der Waals surface area (Å²) in [6.45, 7) is -3.02. The SMILES string of the molecule is COC(=O)c1cc2cn(C)nc2cc1OC(F)F. The molecule has 0 radical (unpaired) electrons. The number of halogens is 2. The minimum atomic E-state index is -3.02. The zero-order chi connectivity index (χ0) is 13.3. The molecule has 0 amide bonds. The van der Waals surface area contributed by atoms with Crippen molar-refractivity contribution in [1.29, 1.82) is 0 Å². The number of nitrogens with zero attached hydrogens (tertiary/aromatic N) is 2. The van der Waals surface area contributed by atoms with Gasteiger partial charge >= 0.3 is 12.6 Å². The first kappa shape index (κ1) is 12.3. The van der Waals surface area contributed by atoms with Crippen molar-refractivity contribution in [3.8, 4) is 5.75 Å². The minimum Gasteiger partial charge on any atom is -0.465 e. The summed E-state index contributed by atoms with van der Waals surface area (Å²) in [6.07, 6.45) is 1.66. The number of hydrogen-bond acceptors (Lipinski definition) is 4. The Labute approximate surface area is 101 Å². The van der Waals surface area contributed by atoms with Gasteiger partial charge in [-0.2, -0.15) is 13.9 Å². The summed E-state index contributed by atoms with van der Waals surface area (Å²) >= 11 is 0. The van der Waals surface area contributed by atoms with Crippen LogP contribution in [-0.2, 0) is 11.8 Å². The second-order valence-corrected chi connectivity index (χ2v) is 3.58. The van der Waals surface area contributed by atoms with E-state index >= 15 is 0 Å². The third-order valence-electron chi connectivity index (χ3n) is 2.34. The maximum atomic E-state index is 12.3. The second-order valence-electron chi connectivity index (χ2n) is 3.58. The number of hydrogen-bond donors (Lipinski definition) is 0. The van der Waals surface area contributed by atoms with E-state index in [1.165, 1.54) is 23.9 Å². The zero-order valence-corrected chi connectivity index (χ0v) is 9.68. The normalized spacial score (nSPS) is 10.9. The number of ether oxygens (including phenoxy) is 2. The molecule has 1 aromatic carbocycles. The first-order valence-electron chi connectivity index (χ1n) is 5.02. The van der Waals surface area contributed by atoms with Crippen molar-refractivity contribution in [1.82, 2.24) is 9.78 Å². The molecule has 2 aromatic rings. The van der Waals surface area contributed by atoms with E-state index in [9.17, 15) is 13.6 Å². The van der Waals surface area contributed by atoms with Crippen LogP contribution in [0.1, 0.15) is 10.4 Å². The first-order valence-corrected chi connectivity index (χ1v) is 5.02. The number of esters is 1. The molecule has 0 N–H and O–H groups in total. The highest BCUT2D eigenvalue weighted by Gasteiger charge is 2.18. The van der Waals surface area contributed by atoms with E-state index in [1.54, 1.807) is 13.2 Å². The monoisotopic (exact) mass is 256 g/mol. The van der Waals surface area contributed by atoms with Crippen LogP contribution in [0.2, 0.25) is 0 Å². The lowest BCUT2D eigenvalue weighted by Crippen LogP contribution is -2.09. The minimum absolute atomic E-state index is 0.0571. The summed E-state index contributed by atoms with van der Waals surface area (Å²) in [7, 11) is 2.85. The standard InChI is InChI=1S/C11H10F2N2O3/c1-15-5-6-3-7(10(16)17-2)9(18-11(12)13)4-8(6)14-15/h3-5,11H,1-2H3. The van der Waals surface area contributed by atoms with Crippen molar-refractivity contribution in [2.75, 3.05) is 7.11 Å². The molecular weight excluding hydrogens is 246 g/mol. The van der Waals surface area contributed by atoms with Gasteiger partial charge in [0.25, 0.3) is 0 Å². The topological polar surface area (TPSA) is 53.4 Å². The number of aryl methyl sites for hydroxylation is 1. The van der Waals surface area contributed by atoms with Crippen LogP contribution in [0.25, 0.3) is 10.9 Å². The predicted octanol–water partition coefficient (Wildman–Crippen LogP) is 1.96. The molecule has 0 aliphatic heterocycles. The quantitative estimate of drug-likeness (QED) is 0.788. The molecule has 0 spiro atoms. The molecule has 0 aliphatic carbocycles. The molecular formula is C11H10F2N2O3. The molecule has 5 nitrogen and oxygen atoms in total. The van der Waals surface area contributed by atoms with Gasteiger partial charge in [0.1, 0.15) is 11.3 Å². The van der Waals surface area contributed by atoms with E-state index in [0.717, 1.165) is 0 Å². The number of alkyl halides is 2. The number of fused-ring (bicyclic) bond motifs is 1. The van der Waals surface area contributed by atoms with Gasteiger partial charge in [0.2, 0.25) is 0 Å². The molecule has 0 bridgehead atoms. The van der Waals surface area contributed by atoms with Crippen LogP contribution < -0.4 is 4.74 Å². The Kier molecular flexibility index (Phi) is 3.14. The number of aromatic nitrogens is 2. The van der Waals surface area contributed by atoms with Crippen molar-refractivity contribution in [2.24, 2.45) is 7.05 Å². The molecule has 1 heterocycles. The van der Waals surface area contributed by atoms with Gasteiger partial charge in [-0.05, 0) is 6.07 Å². The van der Waals surface area contributed by atoms with E-state index in [4.69, 9.17) is 0 Å². The number of benzene rings is 1. The van der Waals surface area contributed by atoms with E-state index in [-0.39, 0.29) is 11.3 Å². The maximum Gasteiger partial charge on any atom is 0.387 e. The Hall–Kier alpha value is -2.18. The van der Waals surface area contributed by atoms with Crippen molar-refractivity contribution >= 4 is 16.9 Å². The summed E-state index contributed by atoms with van der Waals surface area (Å²) in [5.41, 5.74) is 0.402. The van der Waals surface area contributed by atoms with Crippen molar-refractivity contribution in [2.45, 2.75) is 6.61 Å². The van der Waals surface area contributed by atoms with Gasteiger partial charge in [-0.1, -0.05) is 0 Å². The van der Waals surface area contributed by atoms with Crippen LogP contribution in [0.15, 0.2) is 18.3 Å². The Bertz CT molecular complexity index is 595. The summed E-state index contributed by atoms with van der Waals surface area (Å²) in [5, 5.41) is 4.69. The van der Waals surface area contributed by atoms with Crippen LogP contribution in [-0.4, -0.2) is 29.5 Å². The van der Waals surface area contributed by atoms with Crippen LogP contribution in [0.3, 0.4) is 0 Å². The Balaban J connectivity index is 2.59. The average molecular weight is 256 g/mol. The fourth-order valence-corrected chi connectivity index (χ4v) is 1.64. The smallest absolute Gasteiger partial charge is 0.387 e. The molecule has 0 fully saturated rings. The van der Waals surface area contributed by atoms with Crippen molar-refractivity contribution < 1.29 is 23.0 Å². The Morgan fingerprint density at radius 2 is 2.17 bits per heavy atom. The van der Waals surface area contributed by atoms with Crippen molar-refractivity contribution in [3.63, 3.8) is 0 Å². The highest BCUT2D eigenvalue weighted by Crippen LogP contribution is 2.27. The molecule has 0 atom stereocenters. The van der Waals surface area contributed by atoms with Crippen LogP contribution in [0, 0.1) is 0 Å². The van der Waals surface area contributed by atoms with Gasteiger partial charge in [0, 0.05) is 24.7 Å². The highest BCUT2D eigenvalue weighted by molar-refractivity contribution is 5.97. The fourth-order valence-electron chi connectivity index (χ4n) is 1.64. The Morgan fingerprint density at radius 3 is 2.78 bits per heavy atom.